The Hall–Kier alpha value is -2.63. The number of rotatable bonds is 3. The molecule has 0 saturated heterocycles. The molecule has 0 bridgehead atoms. The average Bonchev–Trinajstić information content (AvgIpc) is 2.88. The van der Waals surface area contributed by atoms with Gasteiger partial charge in [0.05, 0.1) is 5.69 Å². The highest BCUT2D eigenvalue weighted by molar-refractivity contribution is 5.76. The van der Waals surface area contributed by atoms with Gasteiger partial charge in [-0.25, -0.2) is 21.8 Å². The number of nitrogens with zero attached hydrogens (tertiary/aromatic N) is 2. The minimum absolute atomic E-state index is 0.578. The van der Waals surface area contributed by atoms with E-state index in [0.29, 0.717) is 5.89 Å². The summed E-state index contributed by atoms with van der Waals surface area (Å²) in [6, 6.07) is 15.2. The van der Waals surface area contributed by atoms with E-state index >= 15 is 0 Å². The van der Waals surface area contributed by atoms with Gasteiger partial charge in [0, 0.05) is 6.08 Å². The molecule has 3 rings (SSSR count). The molecule has 1 heterocycles. The summed E-state index contributed by atoms with van der Waals surface area (Å²) in [5, 5.41) is 1.08. The normalized spacial score (nSPS) is 11.3. The van der Waals surface area contributed by atoms with Crippen LogP contribution < -0.4 is 16.8 Å². The van der Waals surface area contributed by atoms with E-state index in [1.54, 1.807) is 0 Å². The van der Waals surface area contributed by atoms with Crippen molar-refractivity contribution >= 4 is 28.9 Å². The van der Waals surface area contributed by atoms with E-state index in [1.165, 1.54) is 0 Å². The molecule has 1 aromatic heterocycles. The van der Waals surface area contributed by atoms with Crippen LogP contribution in [0.3, 0.4) is 0 Å². The van der Waals surface area contributed by atoms with Crippen molar-refractivity contribution in [3.63, 3.8) is 0 Å². The highest BCUT2D eigenvalue weighted by Gasteiger charge is 2.01. The molecular formula is C15H14N4O. The molecule has 5 nitrogen and oxygen atoms in total. The second-order valence-electron chi connectivity index (χ2n) is 4.35. The van der Waals surface area contributed by atoms with Gasteiger partial charge in [-0.15, -0.1) is 0 Å². The lowest BCUT2D eigenvalue weighted by Crippen LogP contribution is -2.37. The molecule has 0 saturated carbocycles. The zero-order valence-corrected chi connectivity index (χ0v) is 10.7. The largest absolute Gasteiger partial charge is 0.437 e. The molecule has 100 valence electrons. The lowest BCUT2D eigenvalue weighted by Gasteiger charge is -2.10. The van der Waals surface area contributed by atoms with Crippen LogP contribution in [0.4, 0.5) is 5.69 Å². The van der Waals surface area contributed by atoms with Crippen molar-refractivity contribution in [2.45, 2.75) is 0 Å². The molecule has 0 radical (unpaired) electrons. The maximum atomic E-state index is 5.61. The number of benzene rings is 2. The summed E-state index contributed by atoms with van der Waals surface area (Å²) in [6.45, 7) is 0. The van der Waals surface area contributed by atoms with Crippen molar-refractivity contribution in [2.24, 2.45) is 11.7 Å². The number of fused-ring (bicyclic) bond motifs is 1. The quantitative estimate of drug-likeness (QED) is 0.562. The van der Waals surface area contributed by atoms with Gasteiger partial charge in [-0.1, -0.05) is 24.3 Å². The first-order chi connectivity index (χ1) is 9.72. The van der Waals surface area contributed by atoms with Gasteiger partial charge in [0.1, 0.15) is 5.52 Å². The minimum Gasteiger partial charge on any atom is -0.437 e. The third-order valence-electron chi connectivity index (χ3n) is 2.92. The highest BCUT2D eigenvalue weighted by Crippen LogP contribution is 2.17. The van der Waals surface area contributed by atoms with Crippen LogP contribution in [-0.2, 0) is 0 Å². The Morgan fingerprint density at radius 1 is 0.950 bits per heavy atom. The summed E-state index contributed by atoms with van der Waals surface area (Å²) in [4.78, 5) is 4.37. The van der Waals surface area contributed by atoms with Crippen molar-refractivity contribution in [3.8, 4) is 0 Å². The topological polar surface area (TPSA) is 81.3 Å². The third-order valence-corrected chi connectivity index (χ3v) is 2.92. The maximum Gasteiger partial charge on any atom is 0.220 e. The van der Waals surface area contributed by atoms with Gasteiger partial charge in [0.25, 0.3) is 0 Å². The zero-order valence-electron chi connectivity index (χ0n) is 10.7. The Morgan fingerprint density at radius 2 is 1.70 bits per heavy atom. The van der Waals surface area contributed by atoms with Crippen molar-refractivity contribution in [2.75, 3.05) is 5.12 Å². The van der Waals surface area contributed by atoms with Crippen LogP contribution in [0.15, 0.2) is 52.9 Å². The highest BCUT2D eigenvalue weighted by atomic mass is 16.3. The summed E-state index contributed by atoms with van der Waals surface area (Å²) in [5.41, 5.74) is 3.38. The van der Waals surface area contributed by atoms with Crippen molar-refractivity contribution in [1.29, 1.82) is 0 Å². The zero-order chi connectivity index (χ0) is 13.9. The van der Waals surface area contributed by atoms with Gasteiger partial charge >= 0.3 is 0 Å². The summed E-state index contributed by atoms with van der Waals surface area (Å²) in [7, 11) is 0. The van der Waals surface area contributed by atoms with Gasteiger partial charge in [0.15, 0.2) is 5.58 Å². The minimum atomic E-state index is 0.578. The first kappa shape index (κ1) is 12.4. The molecule has 0 amide bonds. The lowest BCUT2D eigenvalue weighted by atomic mass is 10.2. The summed E-state index contributed by atoms with van der Waals surface area (Å²) in [5.74, 6) is 11.5. The molecule has 0 aliphatic heterocycles. The van der Waals surface area contributed by atoms with Crippen LogP contribution in [0, 0.1) is 0 Å². The van der Waals surface area contributed by atoms with Crippen LogP contribution in [0.25, 0.3) is 23.3 Å². The number of nitrogens with two attached hydrogens (primary N) is 2. The number of hydrazine groups is 2. The molecule has 0 aliphatic carbocycles. The smallest absolute Gasteiger partial charge is 0.220 e. The van der Waals surface area contributed by atoms with E-state index in [4.69, 9.17) is 16.1 Å². The van der Waals surface area contributed by atoms with Gasteiger partial charge < -0.3 is 4.42 Å². The fourth-order valence-electron chi connectivity index (χ4n) is 1.89. The fraction of sp³-hybridized carbons (Fsp3) is 0. The van der Waals surface area contributed by atoms with Gasteiger partial charge in [-0.2, -0.15) is 0 Å². The molecule has 0 fully saturated rings. The summed E-state index contributed by atoms with van der Waals surface area (Å²) in [6.07, 6.45) is 3.75. The first-order valence-corrected chi connectivity index (χ1v) is 6.15. The predicted molar refractivity (Wildman–Crippen MR) is 80.2 cm³/mol. The molecule has 5 heteroatoms. The second kappa shape index (κ2) is 5.16. The lowest BCUT2D eigenvalue weighted by molar-refractivity contribution is 0.590. The number of anilines is 1. The fourth-order valence-corrected chi connectivity index (χ4v) is 1.89. The van der Waals surface area contributed by atoms with Crippen LogP contribution in [0.5, 0.6) is 0 Å². The Bertz CT molecular complexity index is 711. The number of para-hydroxylation sites is 2. The molecule has 20 heavy (non-hydrogen) atoms. The SMILES string of the molecule is NN(N)c1ccc(C=Cc2nc3ccccc3o2)cc1. The molecule has 0 unspecified atom stereocenters. The Kier molecular flexibility index (Phi) is 3.20. The van der Waals surface area contributed by atoms with Crippen LogP contribution >= 0.6 is 0 Å². The molecule has 0 spiro atoms. The first-order valence-electron chi connectivity index (χ1n) is 6.15. The van der Waals surface area contributed by atoms with E-state index in [0.717, 1.165) is 27.5 Å². The van der Waals surface area contributed by atoms with E-state index in [2.05, 4.69) is 4.98 Å². The summed E-state index contributed by atoms with van der Waals surface area (Å²) >= 11 is 0. The molecule has 0 aliphatic rings. The Balaban J connectivity index is 1.82. The van der Waals surface area contributed by atoms with Crippen molar-refractivity contribution in [3.05, 3.63) is 60.0 Å². The molecule has 3 aromatic rings. The monoisotopic (exact) mass is 266 g/mol. The second-order valence-corrected chi connectivity index (χ2v) is 4.35. The standard InChI is InChI=1S/C15H14N4O/c16-19(17)12-8-5-11(6-9-12)7-10-15-18-13-3-1-2-4-14(13)20-15/h1-10H,16-17H2. The Morgan fingerprint density at radius 3 is 2.40 bits per heavy atom. The van der Waals surface area contributed by atoms with Gasteiger partial charge in [0.2, 0.25) is 5.89 Å². The molecule has 4 N–H and O–H groups in total. The predicted octanol–water partition coefficient (Wildman–Crippen LogP) is 2.55. The van der Waals surface area contributed by atoms with E-state index in [9.17, 15) is 0 Å². The Labute approximate surface area is 116 Å². The van der Waals surface area contributed by atoms with Crippen LogP contribution in [-0.4, -0.2) is 4.98 Å². The molecule has 0 atom stereocenters. The average molecular weight is 266 g/mol. The molecular weight excluding hydrogens is 252 g/mol. The van der Waals surface area contributed by atoms with E-state index < -0.39 is 0 Å². The van der Waals surface area contributed by atoms with Gasteiger partial charge in [-0.05, 0) is 35.9 Å². The van der Waals surface area contributed by atoms with Crippen LogP contribution in [0.2, 0.25) is 0 Å². The molecule has 2 aromatic carbocycles. The van der Waals surface area contributed by atoms with Gasteiger partial charge in [-0.3, -0.25) is 0 Å². The number of oxazole rings is 1. The van der Waals surface area contributed by atoms with E-state index in [1.807, 2.05) is 60.7 Å². The maximum absolute atomic E-state index is 5.61. The van der Waals surface area contributed by atoms with E-state index in [-0.39, 0.29) is 0 Å². The van der Waals surface area contributed by atoms with Crippen molar-refractivity contribution in [1.82, 2.24) is 4.98 Å². The van der Waals surface area contributed by atoms with Crippen molar-refractivity contribution < 1.29 is 4.42 Å². The number of aromatic nitrogens is 1. The number of hydrogen-bond acceptors (Lipinski definition) is 5. The number of hydrogen-bond donors (Lipinski definition) is 2. The third kappa shape index (κ3) is 2.54. The summed E-state index contributed by atoms with van der Waals surface area (Å²) < 4.78 is 5.61. The van der Waals surface area contributed by atoms with Crippen LogP contribution in [0.1, 0.15) is 11.5 Å².